The molecule has 168 valence electrons. The molecule has 10 heteroatoms. The normalized spacial score (nSPS) is 13.9. The minimum absolute atomic E-state index is 0.0253. The van der Waals surface area contributed by atoms with Crippen molar-refractivity contribution in [1.29, 1.82) is 0 Å². The van der Waals surface area contributed by atoms with E-state index >= 15 is 0 Å². The van der Waals surface area contributed by atoms with E-state index in [-0.39, 0.29) is 24.6 Å². The average Bonchev–Trinajstić information content (AvgIpc) is 3.11. The summed E-state index contributed by atoms with van der Waals surface area (Å²) in [6.45, 7) is 1.42. The maximum Gasteiger partial charge on any atom is 0.338 e. The molecule has 1 aliphatic heterocycles. The highest BCUT2D eigenvalue weighted by atomic mass is 16.5. The van der Waals surface area contributed by atoms with Gasteiger partial charge in [0.05, 0.1) is 38.6 Å². The summed E-state index contributed by atoms with van der Waals surface area (Å²) in [6, 6.07) is 10.7. The standard InChI is InChI=1S/C22H23N3O7/c1-13(20(27)24-17-10-16(30-2)7-8-18(17)31-3)32-21(28)15-6-4-5-14(9-15)12-25-19(26)11-23-22(25)29/h4-10,13H,11-12H2,1-3H3,(H,23,29)(H,24,27). The topological polar surface area (TPSA) is 123 Å². The first-order valence-electron chi connectivity index (χ1n) is 9.73. The van der Waals surface area contributed by atoms with E-state index in [1.807, 2.05) is 0 Å². The van der Waals surface area contributed by atoms with Gasteiger partial charge in [-0.15, -0.1) is 0 Å². The Kier molecular flexibility index (Phi) is 6.93. The zero-order valence-corrected chi connectivity index (χ0v) is 17.8. The Morgan fingerprint density at radius 1 is 1.12 bits per heavy atom. The van der Waals surface area contributed by atoms with Crippen LogP contribution >= 0.6 is 0 Å². The molecular formula is C22H23N3O7. The lowest BCUT2D eigenvalue weighted by Gasteiger charge is -2.16. The number of amides is 4. The van der Waals surface area contributed by atoms with Gasteiger partial charge in [-0.1, -0.05) is 12.1 Å². The number of benzene rings is 2. The lowest BCUT2D eigenvalue weighted by Crippen LogP contribution is -2.31. The Morgan fingerprint density at radius 2 is 1.91 bits per heavy atom. The fourth-order valence-electron chi connectivity index (χ4n) is 3.02. The highest BCUT2D eigenvalue weighted by molar-refractivity contribution is 6.02. The van der Waals surface area contributed by atoms with Crippen LogP contribution in [0.1, 0.15) is 22.8 Å². The van der Waals surface area contributed by atoms with E-state index in [1.165, 1.54) is 33.3 Å². The van der Waals surface area contributed by atoms with E-state index in [9.17, 15) is 19.2 Å². The third kappa shape index (κ3) is 5.15. The first-order valence-corrected chi connectivity index (χ1v) is 9.73. The van der Waals surface area contributed by atoms with Gasteiger partial charge in [-0.25, -0.2) is 9.59 Å². The average molecular weight is 441 g/mol. The van der Waals surface area contributed by atoms with Crippen molar-refractivity contribution in [2.24, 2.45) is 0 Å². The summed E-state index contributed by atoms with van der Waals surface area (Å²) in [5.74, 6) is -0.676. The summed E-state index contributed by atoms with van der Waals surface area (Å²) < 4.78 is 15.7. The molecule has 0 spiro atoms. The van der Waals surface area contributed by atoms with Crippen LogP contribution < -0.4 is 20.1 Å². The monoisotopic (exact) mass is 441 g/mol. The third-order valence-electron chi connectivity index (χ3n) is 4.76. The van der Waals surface area contributed by atoms with Crippen molar-refractivity contribution in [3.05, 3.63) is 53.6 Å². The molecule has 1 heterocycles. The molecule has 1 unspecified atom stereocenters. The number of carbonyl (C=O) groups excluding carboxylic acids is 4. The summed E-state index contributed by atoms with van der Waals surface area (Å²) in [6.07, 6.45) is -1.10. The largest absolute Gasteiger partial charge is 0.497 e. The fourth-order valence-corrected chi connectivity index (χ4v) is 3.02. The summed E-state index contributed by atoms with van der Waals surface area (Å²) in [4.78, 5) is 49.6. The van der Waals surface area contributed by atoms with Gasteiger partial charge in [0.2, 0.25) is 5.91 Å². The van der Waals surface area contributed by atoms with Gasteiger partial charge in [0.1, 0.15) is 11.5 Å². The molecule has 4 amide bonds. The van der Waals surface area contributed by atoms with Crippen LogP contribution in [0.5, 0.6) is 11.5 Å². The molecule has 1 fully saturated rings. The van der Waals surface area contributed by atoms with Crippen molar-refractivity contribution >= 4 is 29.5 Å². The Balaban J connectivity index is 1.65. The Labute approximate surface area is 184 Å². The van der Waals surface area contributed by atoms with Crippen molar-refractivity contribution in [3.8, 4) is 11.5 Å². The number of hydrogen-bond donors (Lipinski definition) is 2. The highest BCUT2D eigenvalue weighted by Gasteiger charge is 2.28. The molecule has 2 aromatic rings. The van der Waals surface area contributed by atoms with Gasteiger partial charge in [0.15, 0.2) is 6.10 Å². The number of hydrogen-bond acceptors (Lipinski definition) is 7. The van der Waals surface area contributed by atoms with Crippen LogP contribution in [0.25, 0.3) is 0 Å². The molecule has 1 atom stereocenters. The molecule has 1 aliphatic rings. The number of carbonyl (C=O) groups is 4. The summed E-state index contributed by atoms with van der Waals surface area (Å²) >= 11 is 0. The van der Waals surface area contributed by atoms with Crippen molar-refractivity contribution in [2.45, 2.75) is 19.6 Å². The zero-order valence-electron chi connectivity index (χ0n) is 17.8. The van der Waals surface area contributed by atoms with E-state index in [1.54, 1.807) is 30.3 Å². The molecule has 0 bridgehead atoms. The number of urea groups is 1. The maximum absolute atomic E-state index is 12.5. The summed E-state index contributed by atoms with van der Waals surface area (Å²) in [5, 5.41) is 5.09. The van der Waals surface area contributed by atoms with Gasteiger partial charge in [-0.05, 0) is 36.8 Å². The van der Waals surface area contributed by atoms with Gasteiger partial charge in [-0.3, -0.25) is 14.5 Å². The summed E-state index contributed by atoms with van der Waals surface area (Å²) in [7, 11) is 2.96. The predicted molar refractivity (Wildman–Crippen MR) is 113 cm³/mol. The molecule has 10 nitrogen and oxygen atoms in total. The second kappa shape index (κ2) is 9.82. The van der Waals surface area contributed by atoms with Crippen LogP contribution in [0, 0.1) is 0 Å². The lowest BCUT2D eigenvalue weighted by atomic mass is 10.1. The molecule has 0 radical (unpaired) electrons. The minimum atomic E-state index is -1.10. The number of methoxy groups -OCH3 is 2. The van der Waals surface area contributed by atoms with Gasteiger partial charge in [-0.2, -0.15) is 0 Å². The molecular weight excluding hydrogens is 418 g/mol. The predicted octanol–water partition coefficient (Wildman–Crippen LogP) is 1.94. The molecule has 0 aliphatic carbocycles. The number of imide groups is 1. The first-order chi connectivity index (χ1) is 15.3. The zero-order chi connectivity index (χ0) is 23.3. The molecule has 0 saturated carbocycles. The Morgan fingerprint density at radius 3 is 2.56 bits per heavy atom. The van der Waals surface area contributed by atoms with Crippen molar-refractivity contribution in [3.63, 3.8) is 0 Å². The van der Waals surface area contributed by atoms with Crippen molar-refractivity contribution in [1.82, 2.24) is 10.2 Å². The number of ether oxygens (including phenoxy) is 3. The van der Waals surface area contributed by atoms with E-state index in [0.29, 0.717) is 22.7 Å². The SMILES string of the molecule is COc1ccc(OC)c(NC(=O)C(C)OC(=O)c2cccc(CN3C(=O)CNC3=O)c2)c1. The van der Waals surface area contributed by atoms with Crippen LogP contribution in [0.4, 0.5) is 10.5 Å². The fraction of sp³-hybridized carbons (Fsp3) is 0.273. The van der Waals surface area contributed by atoms with Gasteiger partial charge in [0, 0.05) is 6.07 Å². The van der Waals surface area contributed by atoms with Crippen LogP contribution in [-0.2, 0) is 20.9 Å². The Hall–Kier alpha value is -4.08. The van der Waals surface area contributed by atoms with Crippen LogP contribution in [0.2, 0.25) is 0 Å². The highest BCUT2D eigenvalue weighted by Crippen LogP contribution is 2.29. The number of anilines is 1. The second-order valence-corrected chi connectivity index (χ2v) is 6.94. The van der Waals surface area contributed by atoms with E-state index in [4.69, 9.17) is 14.2 Å². The first kappa shape index (κ1) is 22.6. The van der Waals surface area contributed by atoms with E-state index in [0.717, 1.165) is 4.90 Å². The van der Waals surface area contributed by atoms with Gasteiger partial charge in [0.25, 0.3) is 5.91 Å². The molecule has 32 heavy (non-hydrogen) atoms. The Bertz CT molecular complexity index is 1040. The quantitative estimate of drug-likeness (QED) is 0.474. The van der Waals surface area contributed by atoms with Crippen LogP contribution in [0.15, 0.2) is 42.5 Å². The molecule has 1 saturated heterocycles. The summed E-state index contributed by atoms with van der Waals surface area (Å²) in [5.41, 5.74) is 1.13. The second-order valence-electron chi connectivity index (χ2n) is 6.94. The molecule has 2 N–H and O–H groups in total. The third-order valence-corrected chi connectivity index (χ3v) is 4.76. The molecule has 2 aromatic carbocycles. The van der Waals surface area contributed by atoms with Gasteiger partial charge < -0.3 is 24.8 Å². The van der Waals surface area contributed by atoms with E-state index in [2.05, 4.69) is 10.6 Å². The van der Waals surface area contributed by atoms with E-state index < -0.39 is 24.0 Å². The van der Waals surface area contributed by atoms with Crippen molar-refractivity contribution < 1.29 is 33.4 Å². The molecule has 3 rings (SSSR count). The minimum Gasteiger partial charge on any atom is -0.497 e. The lowest BCUT2D eigenvalue weighted by molar-refractivity contribution is -0.125. The maximum atomic E-state index is 12.5. The van der Waals surface area contributed by atoms with Crippen LogP contribution in [-0.4, -0.2) is 55.6 Å². The van der Waals surface area contributed by atoms with Gasteiger partial charge >= 0.3 is 12.0 Å². The smallest absolute Gasteiger partial charge is 0.338 e. The number of nitrogens with zero attached hydrogens (tertiary/aromatic N) is 1. The van der Waals surface area contributed by atoms with Crippen molar-refractivity contribution in [2.75, 3.05) is 26.1 Å². The number of rotatable bonds is 8. The number of nitrogens with one attached hydrogen (secondary N) is 2. The number of esters is 1. The van der Waals surface area contributed by atoms with Crippen LogP contribution in [0.3, 0.4) is 0 Å². The molecule has 0 aromatic heterocycles.